The van der Waals surface area contributed by atoms with Crippen LogP contribution in [0.2, 0.25) is 0 Å². The van der Waals surface area contributed by atoms with E-state index in [4.69, 9.17) is 5.73 Å². The zero-order valence-electron chi connectivity index (χ0n) is 5.24. The zero-order valence-corrected chi connectivity index (χ0v) is 6.87. The van der Waals surface area contributed by atoms with Crippen molar-refractivity contribution in [2.24, 2.45) is 5.73 Å². The highest BCUT2D eigenvalue weighted by Gasteiger charge is 2.01. The fourth-order valence-electron chi connectivity index (χ4n) is 0.538. The van der Waals surface area contributed by atoms with Gasteiger partial charge in [0.15, 0.2) is 5.78 Å². The maximum absolute atomic E-state index is 10.8. The van der Waals surface area contributed by atoms with Crippen LogP contribution >= 0.6 is 23.7 Å². The van der Waals surface area contributed by atoms with Gasteiger partial charge in [-0.1, -0.05) is 6.07 Å². The Hall–Kier alpha value is -0.380. The van der Waals surface area contributed by atoms with Gasteiger partial charge in [0.2, 0.25) is 0 Å². The number of carbonyl (C=O) groups excluding carboxylic acids is 1. The Labute approximate surface area is 69.5 Å². The van der Waals surface area contributed by atoms with Gasteiger partial charge in [0.1, 0.15) is 0 Å². The van der Waals surface area contributed by atoms with Gasteiger partial charge in [-0.05, 0) is 11.4 Å². The van der Waals surface area contributed by atoms with Crippen LogP contribution in [0.4, 0.5) is 0 Å². The Bertz CT molecular complexity index is 198. The maximum Gasteiger partial charge on any atom is 0.186 e. The van der Waals surface area contributed by atoms with E-state index in [1.165, 1.54) is 11.3 Å². The van der Waals surface area contributed by atoms with Crippen molar-refractivity contribution in [3.8, 4) is 0 Å². The summed E-state index contributed by atoms with van der Waals surface area (Å²) in [6.07, 6.45) is 0. The van der Waals surface area contributed by atoms with Crippen LogP contribution in [-0.2, 0) is 0 Å². The number of Topliss-reactive ketones (excluding diaryl/α,β-unsaturated/α-hetero) is 1. The van der Waals surface area contributed by atoms with Crippen LogP contribution in [0.5, 0.6) is 0 Å². The van der Waals surface area contributed by atoms with E-state index in [1.54, 1.807) is 6.07 Å². The summed E-state index contributed by atoms with van der Waals surface area (Å²) in [7, 11) is 0. The van der Waals surface area contributed by atoms with Crippen molar-refractivity contribution in [3.05, 3.63) is 22.4 Å². The molecular weight excluding hydrogens is 170 g/mol. The monoisotopic (exact) mass is 177 g/mol. The first kappa shape index (κ1) is 9.62. The molecule has 0 spiro atoms. The highest BCUT2D eigenvalue weighted by molar-refractivity contribution is 7.12. The molecule has 10 heavy (non-hydrogen) atoms. The maximum atomic E-state index is 10.8. The van der Waals surface area contributed by atoms with E-state index in [-0.39, 0.29) is 24.7 Å². The lowest BCUT2D eigenvalue weighted by Gasteiger charge is -1.86. The van der Waals surface area contributed by atoms with E-state index >= 15 is 0 Å². The molecule has 1 aromatic heterocycles. The van der Waals surface area contributed by atoms with Crippen molar-refractivity contribution < 1.29 is 4.79 Å². The highest BCUT2D eigenvalue weighted by atomic mass is 35.5. The summed E-state index contributed by atoms with van der Waals surface area (Å²) in [5.41, 5.74) is 5.12. The van der Waals surface area contributed by atoms with Gasteiger partial charge in [-0.2, -0.15) is 0 Å². The predicted molar refractivity (Wildman–Crippen MR) is 45.0 cm³/mol. The summed E-state index contributed by atoms with van der Waals surface area (Å²) in [4.78, 5) is 11.5. The van der Waals surface area contributed by atoms with Crippen molar-refractivity contribution in [2.45, 2.75) is 0 Å². The standard InChI is InChI=1S/C6H7NOS.ClH/c7-4-5(8)6-2-1-3-9-6;/h1-3H,4,7H2;1H. The molecule has 56 valence electrons. The summed E-state index contributed by atoms with van der Waals surface area (Å²) in [5.74, 6) is 0.0185. The van der Waals surface area contributed by atoms with Crippen LogP contribution in [0.25, 0.3) is 0 Å². The predicted octanol–water partition coefficient (Wildman–Crippen LogP) is 1.31. The minimum atomic E-state index is 0. The lowest BCUT2D eigenvalue weighted by atomic mass is 10.3. The lowest BCUT2D eigenvalue weighted by molar-refractivity contribution is 0.100. The van der Waals surface area contributed by atoms with Crippen molar-refractivity contribution in [3.63, 3.8) is 0 Å². The molecule has 1 heterocycles. The largest absolute Gasteiger partial charge is 0.324 e. The molecular formula is C6H8ClNOS. The molecule has 0 aromatic carbocycles. The summed E-state index contributed by atoms with van der Waals surface area (Å²) in [6, 6.07) is 3.62. The SMILES string of the molecule is Cl.NCC(=O)c1cccs1. The average Bonchev–Trinajstić information content (AvgIpc) is 2.37. The third kappa shape index (κ3) is 2.10. The third-order valence-corrected chi connectivity index (χ3v) is 1.89. The minimum absolute atomic E-state index is 0. The van der Waals surface area contributed by atoms with Crippen LogP contribution < -0.4 is 5.73 Å². The number of nitrogens with two attached hydrogens (primary N) is 1. The number of hydrogen-bond donors (Lipinski definition) is 1. The van der Waals surface area contributed by atoms with Crippen LogP contribution in [0.15, 0.2) is 17.5 Å². The molecule has 2 nitrogen and oxygen atoms in total. The van der Waals surface area contributed by atoms with Crippen LogP contribution in [0.3, 0.4) is 0 Å². The van der Waals surface area contributed by atoms with Crippen LogP contribution in [-0.4, -0.2) is 12.3 Å². The topological polar surface area (TPSA) is 43.1 Å². The fraction of sp³-hybridized carbons (Fsp3) is 0.167. The van der Waals surface area contributed by atoms with Gasteiger partial charge < -0.3 is 5.73 Å². The van der Waals surface area contributed by atoms with Gasteiger partial charge in [0, 0.05) is 0 Å². The molecule has 0 atom stereocenters. The molecule has 0 aliphatic rings. The number of hydrogen-bond acceptors (Lipinski definition) is 3. The molecule has 4 heteroatoms. The van der Waals surface area contributed by atoms with E-state index in [9.17, 15) is 4.79 Å². The fourth-order valence-corrected chi connectivity index (χ4v) is 1.21. The van der Waals surface area contributed by atoms with Gasteiger partial charge in [-0.25, -0.2) is 0 Å². The minimum Gasteiger partial charge on any atom is -0.324 e. The number of thiophene rings is 1. The summed E-state index contributed by atoms with van der Waals surface area (Å²) >= 11 is 1.43. The Kier molecular flexibility index (Phi) is 4.27. The second-order valence-electron chi connectivity index (χ2n) is 1.60. The first-order chi connectivity index (χ1) is 4.34. The number of ketones is 1. The van der Waals surface area contributed by atoms with Crippen molar-refractivity contribution >= 4 is 29.5 Å². The normalized spacial score (nSPS) is 8.50. The molecule has 2 N–H and O–H groups in total. The molecule has 1 rings (SSSR count). The second-order valence-corrected chi connectivity index (χ2v) is 2.55. The Balaban J connectivity index is 0.000000810. The third-order valence-electron chi connectivity index (χ3n) is 0.981. The Morgan fingerprint density at radius 1 is 1.70 bits per heavy atom. The summed E-state index contributed by atoms with van der Waals surface area (Å²) in [6.45, 7) is 0.112. The van der Waals surface area contributed by atoms with E-state index in [0.717, 1.165) is 4.88 Å². The zero-order chi connectivity index (χ0) is 6.69. The lowest BCUT2D eigenvalue weighted by Crippen LogP contribution is -2.11. The Morgan fingerprint density at radius 2 is 2.40 bits per heavy atom. The highest BCUT2D eigenvalue weighted by Crippen LogP contribution is 2.07. The summed E-state index contributed by atoms with van der Waals surface area (Å²) < 4.78 is 0. The molecule has 0 radical (unpaired) electrons. The van der Waals surface area contributed by atoms with Gasteiger partial charge in [0.05, 0.1) is 11.4 Å². The van der Waals surface area contributed by atoms with Crippen molar-refractivity contribution in [2.75, 3.05) is 6.54 Å². The number of halogens is 1. The Morgan fingerprint density at radius 3 is 2.80 bits per heavy atom. The molecule has 0 fully saturated rings. The molecule has 0 saturated heterocycles. The molecule has 0 aliphatic heterocycles. The second kappa shape index (κ2) is 4.44. The van der Waals surface area contributed by atoms with Crippen molar-refractivity contribution in [1.82, 2.24) is 0 Å². The van der Waals surface area contributed by atoms with E-state index in [0.29, 0.717) is 0 Å². The molecule has 0 amide bonds. The quantitative estimate of drug-likeness (QED) is 0.693. The number of rotatable bonds is 2. The van der Waals surface area contributed by atoms with Crippen molar-refractivity contribution in [1.29, 1.82) is 0 Å². The van der Waals surface area contributed by atoms with Gasteiger partial charge in [-0.15, -0.1) is 23.7 Å². The summed E-state index contributed by atoms with van der Waals surface area (Å²) in [5, 5.41) is 1.86. The van der Waals surface area contributed by atoms with Gasteiger partial charge in [-0.3, -0.25) is 4.79 Å². The average molecular weight is 178 g/mol. The van der Waals surface area contributed by atoms with Crippen LogP contribution in [0.1, 0.15) is 9.67 Å². The van der Waals surface area contributed by atoms with E-state index < -0.39 is 0 Å². The molecule has 1 aromatic rings. The van der Waals surface area contributed by atoms with Gasteiger partial charge >= 0.3 is 0 Å². The smallest absolute Gasteiger partial charge is 0.186 e. The molecule has 0 aliphatic carbocycles. The first-order valence-electron chi connectivity index (χ1n) is 2.61. The van der Waals surface area contributed by atoms with Crippen LogP contribution in [0, 0.1) is 0 Å². The van der Waals surface area contributed by atoms with E-state index in [1.807, 2.05) is 11.4 Å². The molecule has 0 bridgehead atoms. The molecule has 0 unspecified atom stereocenters. The van der Waals surface area contributed by atoms with Gasteiger partial charge in [0.25, 0.3) is 0 Å². The first-order valence-corrected chi connectivity index (χ1v) is 3.49. The number of carbonyl (C=O) groups is 1. The molecule has 0 saturated carbocycles. The van der Waals surface area contributed by atoms with E-state index in [2.05, 4.69) is 0 Å².